The second-order valence-corrected chi connectivity index (χ2v) is 5.69. The third kappa shape index (κ3) is 3.11. The minimum atomic E-state index is -0.358. The summed E-state index contributed by atoms with van der Waals surface area (Å²) in [6.07, 6.45) is 0. The van der Waals surface area contributed by atoms with Crippen LogP contribution in [0.2, 0.25) is 5.02 Å². The SMILES string of the molecule is NSc1ccc(N)c(Sc2ccc(F)cc2Cl)c1. The van der Waals surface area contributed by atoms with E-state index in [-0.39, 0.29) is 5.82 Å². The monoisotopic (exact) mass is 300 g/mol. The van der Waals surface area contributed by atoms with Crippen molar-refractivity contribution in [2.24, 2.45) is 5.14 Å². The lowest BCUT2D eigenvalue weighted by atomic mass is 10.3. The summed E-state index contributed by atoms with van der Waals surface area (Å²) in [4.78, 5) is 2.51. The van der Waals surface area contributed by atoms with Gasteiger partial charge in [-0.3, -0.25) is 5.14 Å². The fraction of sp³-hybridized carbons (Fsp3) is 0. The molecule has 0 amide bonds. The zero-order valence-electron chi connectivity index (χ0n) is 9.19. The number of rotatable bonds is 3. The van der Waals surface area contributed by atoms with Crippen LogP contribution in [0.5, 0.6) is 0 Å². The van der Waals surface area contributed by atoms with E-state index < -0.39 is 0 Å². The molecule has 0 aliphatic carbocycles. The van der Waals surface area contributed by atoms with Crippen molar-refractivity contribution in [2.75, 3.05) is 5.73 Å². The Morgan fingerprint density at radius 2 is 1.83 bits per heavy atom. The van der Waals surface area contributed by atoms with Gasteiger partial charge in [0, 0.05) is 20.4 Å². The van der Waals surface area contributed by atoms with Crippen molar-refractivity contribution in [3.8, 4) is 0 Å². The molecule has 0 saturated heterocycles. The molecule has 94 valence electrons. The third-order valence-electron chi connectivity index (χ3n) is 2.23. The Morgan fingerprint density at radius 3 is 2.50 bits per heavy atom. The molecule has 0 radical (unpaired) electrons. The van der Waals surface area contributed by atoms with E-state index in [1.165, 1.54) is 23.9 Å². The maximum Gasteiger partial charge on any atom is 0.124 e. The van der Waals surface area contributed by atoms with Crippen molar-refractivity contribution >= 4 is 41.0 Å². The average molecular weight is 301 g/mol. The van der Waals surface area contributed by atoms with E-state index in [2.05, 4.69) is 0 Å². The van der Waals surface area contributed by atoms with Gasteiger partial charge >= 0.3 is 0 Å². The Balaban J connectivity index is 2.33. The number of anilines is 1. The molecule has 0 aliphatic heterocycles. The molecule has 0 saturated carbocycles. The molecule has 2 aromatic carbocycles. The van der Waals surface area contributed by atoms with E-state index in [4.69, 9.17) is 22.5 Å². The number of halogens is 2. The first kappa shape index (κ1) is 13.5. The normalized spacial score (nSPS) is 10.6. The predicted octanol–water partition coefficient (Wildman–Crippen LogP) is 4.18. The molecule has 0 spiro atoms. The van der Waals surface area contributed by atoms with Gasteiger partial charge in [-0.25, -0.2) is 4.39 Å². The molecule has 0 unspecified atom stereocenters. The lowest BCUT2D eigenvalue weighted by Crippen LogP contribution is -1.90. The highest BCUT2D eigenvalue weighted by molar-refractivity contribution is 7.99. The molecule has 2 aromatic rings. The van der Waals surface area contributed by atoms with Crippen molar-refractivity contribution in [1.29, 1.82) is 0 Å². The second-order valence-electron chi connectivity index (χ2n) is 3.49. The molecule has 0 fully saturated rings. The van der Waals surface area contributed by atoms with Crippen LogP contribution in [0, 0.1) is 5.82 Å². The first-order chi connectivity index (χ1) is 8.60. The van der Waals surface area contributed by atoms with Crippen molar-refractivity contribution in [3.05, 3.63) is 47.2 Å². The molecule has 0 atom stereocenters. The van der Waals surface area contributed by atoms with Gasteiger partial charge in [0.2, 0.25) is 0 Å². The van der Waals surface area contributed by atoms with E-state index in [0.717, 1.165) is 26.6 Å². The molecule has 4 N–H and O–H groups in total. The van der Waals surface area contributed by atoms with Crippen LogP contribution in [-0.4, -0.2) is 0 Å². The topological polar surface area (TPSA) is 52.0 Å². The van der Waals surface area contributed by atoms with Gasteiger partial charge in [0.1, 0.15) is 5.82 Å². The first-order valence-electron chi connectivity index (χ1n) is 4.99. The standard InChI is InChI=1S/C12H10ClFN2S2/c13-9-5-7(14)1-4-11(9)17-12-6-8(18-16)2-3-10(12)15/h1-6H,15-16H2. The summed E-state index contributed by atoms with van der Waals surface area (Å²) in [5.74, 6) is -0.358. The lowest BCUT2D eigenvalue weighted by Gasteiger charge is -2.08. The summed E-state index contributed by atoms with van der Waals surface area (Å²) in [5, 5.41) is 5.87. The smallest absolute Gasteiger partial charge is 0.124 e. The fourth-order valence-electron chi connectivity index (χ4n) is 1.35. The highest BCUT2D eigenvalue weighted by Gasteiger charge is 2.07. The van der Waals surface area contributed by atoms with Crippen LogP contribution in [0.15, 0.2) is 51.1 Å². The Bertz CT molecular complexity index is 578. The number of hydrogen-bond donors (Lipinski definition) is 2. The maximum atomic E-state index is 12.9. The van der Waals surface area contributed by atoms with E-state index in [9.17, 15) is 4.39 Å². The van der Waals surface area contributed by atoms with Crippen LogP contribution in [0.1, 0.15) is 0 Å². The van der Waals surface area contributed by atoms with Gasteiger partial charge in [-0.2, -0.15) is 0 Å². The van der Waals surface area contributed by atoms with Gasteiger partial charge in [-0.1, -0.05) is 23.4 Å². The zero-order chi connectivity index (χ0) is 13.1. The molecule has 2 nitrogen and oxygen atoms in total. The third-order valence-corrected chi connectivity index (χ3v) is 4.34. The summed E-state index contributed by atoms with van der Waals surface area (Å²) in [6, 6.07) is 9.78. The number of benzene rings is 2. The molecule has 0 aliphatic rings. The molecule has 0 bridgehead atoms. The highest BCUT2D eigenvalue weighted by Crippen LogP contribution is 2.37. The summed E-state index contributed by atoms with van der Waals surface area (Å²) in [7, 11) is 0. The Kier molecular flexibility index (Phi) is 4.40. The van der Waals surface area contributed by atoms with Gasteiger partial charge in [-0.05, 0) is 48.3 Å². The van der Waals surface area contributed by atoms with Gasteiger partial charge in [0.05, 0.1) is 5.02 Å². The van der Waals surface area contributed by atoms with Crippen molar-refractivity contribution in [2.45, 2.75) is 14.7 Å². The van der Waals surface area contributed by atoms with E-state index >= 15 is 0 Å². The second kappa shape index (κ2) is 5.84. The van der Waals surface area contributed by atoms with Crippen LogP contribution in [0.4, 0.5) is 10.1 Å². The Labute approximate surface area is 118 Å². The zero-order valence-corrected chi connectivity index (χ0v) is 11.6. The first-order valence-corrected chi connectivity index (χ1v) is 7.06. The van der Waals surface area contributed by atoms with E-state index in [1.54, 1.807) is 12.1 Å². The molecular weight excluding hydrogens is 291 g/mol. The van der Waals surface area contributed by atoms with Crippen LogP contribution in [0.25, 0.3) is 0 Å². The fourth-order valence-corrected chi connectivity index (χ4v) is 2.94. The van der Waals surface area contributed by atoms with Gasteiger partial charge < -0.3 is 5.73 Å². The van der Waals surface area contributed by atoms with E-state index in [0.29, 0.717) is 10.7 Å². The Hall–Kier alpha value is -0.880. The molecular formula is C12H10ClFN2S2. The van der Waals surface area contributed by atoms with Crippen LogP contribution < -0.4 is 10.9 Å². The minimum Gasteiger partial charge on any atom is -0.398 e. The average Bonchev–Trinajstić information content (AvgIpc) is 2.35. The van der Waals surface area contributed by atoms with Crippen LogP contribution in [-0.2, 0) is 0 Å². The highest BCUT2D eigenvalue weighted by atomic mass is 35.5. The van der Waals surface area contributed by atoms with Crippen molar-refractivity contribution in [3.63, 3.8) is 0 Å². The summed E-state index contributed by atoms with van der Waals surface area (Å²) in [6.45, 7) is 0. The molecule has 2 rings (SSSR count). The quantitative estimate of drug-likeness (QED) is 0.659. The lowest BCUT2D eigenvalue weighted by molar-refractivity contribution is 0.626. The van der Waals surface area contributed by atoms with Crippen molar-refractivity contribution < 1.29 is 4.39 Å². The van der Waals surface area contributed by atoms with Crippen LogP contribution in [0.3, 0.4) is 0 Å². The molecule has 6 heteroatoms. The van der Waals surface area contributed by atoms with Crippen molar-refractivity contribution in [1.82, 2.24) is 0 Å². The summed E-state index contributed by atoms with van der Waals surface area (Å²) >= 11 is 8.51. The number of nitrogens with two attached hydrogens (primary N) is 2. The predicted molar refractivity (Wildman–Crippen MR) is 76.4 cm³/mol. The molecule has 0 aromatic heterocycles. The maximum absolute atomic E-state index is 12.9. The molecule has 18 heavy (non-hydrogen) atoms. The Morgan fingerprint density at radius 1 is 1.06 bits per heavy atom. The van der Waals surface area contributed by atoms with E-state index in [1.807, 2.05) is 12.1 Å². The number of nitrogen functional groups attached to an aromatic ring is 1. The summed E-state index contributed by atoms with van der Waals surface area (Å²) < 4.78 is 12.9. The van der Waals surface area contributed by atoms with Gasteiger partial charge in [0.15, 0.2) is 0 Å². The minimum absolute atomic E-state index is 0.358. The largest absolute Gasteiger partial charge is 0.398 e. The summed E-state index contributed by atoms with van der Waals surface area (Å²) in [5.41, 5.74) is 6.52. The van der Waals surface area contributed by atoms with Crippen LogP contribution >= 0.6 is 35.3 Å². The molecule has 0 heterocycles. The number of hydrogen-bond acceptors (Lipinski definition) is 4. The van der Waals surface area contributed by atoms with Gasteiger partial charge in [0.25, 0.3) is 0 Å². The van der Waals surface area contributed by atoms with Gasteiger partial charge in [-0.15, -0.1) is 0 Å².